The minimum Gasteiger partial charge on any atom is -0.368 e. The van der Waals surface area contributed by atoms with Crippen molar-refractivity contribution in [1.29, 1.82) is 0 Å². The molecule has 0 bridgehead atoms. The number of ketones is 1. The van der Waals surface area contributed by atoms with Crippen molar-refractivity contribution >= 4 is 33.3 Å². The van der Waals surface area contributed by atoms with E-state index in [1.165, 1.54) is 36.4 Å². The number of benzene rings is 2. The van der Waals surface area contributed by atoms with Crippen LogP contribution in [0.25, 0.3) is 0 Å². The Hall–Kier alpha value is -3.24. The molecule has 0 spiro atoms. The first-order chi connectivity index (χ1) is 16.1. The van der Waals surface area contributed by atoms with Crippen LogP contribution in [0.4, 0.5) is 5.69 Å². The Kier molecular flexibility index (Phi) is 8.06. The summed E-state index contributed by atoms with van der Waals surface area (Å²) in [4.78, 5) is 37.7. The number of ether oxygens (including phenoxy) is 1. The second-order valence-electron chi connectivity index (χ2n) is 8.62. The number of carbonyl (C=O) groups is 3. The largest absolute Gasteiger partial charge is 0.368 e. The molecule has 0 unspecified atom stereocenters. The lowest BCUT2D eigenvalue weighted by Gasteiger charge is -2.23. The van der Waals surface area contributed by atoms with Gasteiger partial charge in [-0.25, -0.2) is 8.42 Å². The van der Waals surface area contributed by atoms with Crippen molar-refractivity contribution < 1.29 is 27.5 Å². The first kappa shape index (κ1) is 25.4. The van der Waals surface area contributed by atoms with Crippen molar-refractivity contribution in [3.8, 4) is 0 Å². The van der Waals surface area contributed by atoms with E-state index in [0.717, 1.165) is 0 Å². The summed E-state index contributed by atoms with van der Waals surface area (Å²) in [6, 6.07) is 12.2. The topological polar surface area (TPSA) is 131 Å². The second-order valence-corrected chi connectivity index (χ2v) is 10.3. The molecule has 1 saturated heterocycles. The lowest BCUT2D eigenvalue weighted by atomic mass is 10.0. The van der Waals surface area contributed by atoms with Crippen LogP contribution in [-0.2, 0) is 24.3 Å². The SMILES string of the molecule is CC(C)C[C@H](NC(=O)c1ccc(NS(=O)(=O)c2ccccc2)cc1)C(=O)N[C@@H]1C(=O)CO[C@@H]1C. The molecule has 0 aliphatic carbocycles. The maximum absolute atomic E-state index is 12.8. The van der Waals surface area contributed by atoms with Crippen molar-refractivity contribution in [2.24, 2.45) is 5.92 Å². The molecule has 1 fully saturated rings. The van der Waals surface area contributed by atoms with Gasteiger partial charge in [0.2, 0.25) is 5.91 Å². The highest BCUT2D eigenvalue weighted by Gasteiger charge is 2.35. The van der Waals surface area contributed by atoms with Gasteiger partial charge in [-0.2, -0.15) is 0 Å². The zero-order chi connectivity index (χ0) is 24.9. The monoisotopic (exact) mass is 487 g/mol. The van der Waals surface area contributed by atoms with Crippen LogP contribution in [-0.4, -0.2) is 50.8 Å². The standard InChI is InChI=1S/C24H29N3O6S/c1-15(2)13-20(24(30)26-22-16(3)33-14-21(22)28)25-23(29)17-9-11-18(12-10-17)27-34(31,32)19-7-5-4-6-8-19/h4-12,15-16,20,22,27H,13-14H2,1-3H3,(H,25,29)(H,26,30)/t16-,20+,22+/m1/s1. The van der Waals surface area contributed by atoms with Gasteiger partial charge >= 0.3 is 0 Å². The van der Waals surface area contributed by atoms with Gasteiger partial charge in [0.25, 0.3) is 15.9 Å². The molecule has 3 N–H and O–H groups in total. The summed E-state index contributed by atoms with van der Waals surface area (Å²) in [6.07, 6.45) is -0.0538. The lowest BCUT2D eigenvalue weighted by Crippen LogP contribution is -2.53. The van der Waals surface area contributed by atoms with E-state index in [2.05, 4.69) is 15.4 Å². The highest BCUT2D eigenvalue weighted by Crippen LogP contribution is 2.17. The maximum Gasteiger partial charge on any atom is 0.261 e. The number of carbonyl (C=O) groups excluding carboxylic acids is 3. The number of hydrogen-bond acceptors (Lipinski definition) is 6. The van der Waals surface area contributed by atoms with Crippen LogP contribution in [0.2, 0.25) is 0 Å². The van der Waals surface area contributed by atoms with E-state index in [-0.39, 0.29) is 28.8 Å². The third-order valence-corrected chi connectivity index (χ3v) is 6.78. The molecule has 182 valence electrons. The van der Waals surface area contributed by atoms with Gasteiger partial charge < -0.3 is 15.4 Å². The van der Waals surface area contributed by atoms with Gasteiger partial charge in [0.15, 0.2) is 5.78 Å². The molecule has 1 aliphatic heterocycles. The van der Waals surface area contributed by atoms with Crippen LogP contribution < -0.4 is 15.4 Å². The summed E-state index contributed by atoms with van der Waals surface area (Å²) >= 11 is 0. The molecule has 3 atom stereocenters. The van der Waals surface area contributed by atoms with E-state index in [4.69, 9.17) is 4.74 Å². The number of sulfonamides is 1. The molecule has 0 aromatic heterocycles. The van der Waals surface area contributed by atoms with Crippen LogP contribution in [0.1, 0.15) is 37.6 Å². The van der Waals surface area contributed by atoms with Gasteiger partial charge in [-0.3, -0.25) is 19.1 Å². The van der Waals surface area contributed by atoms with Crippen LogP contribution in [0.3, 0.4) is 0 Å². The Morgan fingerprint density at radius 1 is 1.06 bits per heavy atom. The van der Waals surface area contributed by atoms with E-state index in [0.29, 0.717) is 12.1 Å². The average Bonchev–Trinajstić information content (AvgIpc) is 3.11. The minimum absolute atomic E-state index is 0.0479. The Bertz CT molecular complexity index is 1130. The van der Waals surface area contributed by atoms with E-state index in [1.54, 1.807) is 25.1 Å². The van der Waals surface area contributed by atoms with Crippen LogP contribution in [0.5, 0.6) is 0 Å². The summed E-state index contributed by atoms with van der Waals surface area (Å²) in [7, 11) is -3.75. The van der Waals surface area contributed by atoms with Crippen molar-refractivity contribution in [1.82, 2.24) is 10.6 Å². The Morgan fingerprint density at radius 2 is 1.71 bits per heavy atom. The summed E-state index contributed by atoms with van der Waals surface area (Å²) < 4.78 is 32.7. The van der Waals surface area contributed by atoms with Gasteiger partial charge in [0.05, 0.1) is 11.0 Å². The fraction of sp³-hybridized carbons (Fsp3) is 0.375. The maximum atomic E-state index is 12.8. The molecule has 2 amide bonds. The van der Waals surface area contributed by atoms with Gasteiger partial charge in [0.1, 0.15) is 18.7 Å². The number of rotatable bonds is 9. The van der Waals surface area contributed by atoms with Crippen LogP contribution >= 0.6 is 0 Å². The van der Waals surface area contributed by atoms with Crippen molar-refractivity contribution in [2.75, 3.05) is 11.3 Å². The van der Waals surface area contributed by atoms with Gasteiger partial charge in [-0.15, -0.1) is 0 Å². The first-order valence-electron chi connectivity index (χ1n) is 11.0. The predicted molar refractivity (Wildman–Crippen MR) is 127 cm³/mol. The summed E-state index contributed by atoms with van der Waals surface area (Å²) in [5.41, 5.74) is 0.559. The highest BCUT2D eigenvalue weighted by molar-refractivity contribution is 7.92. The fourth-order valence-electron chi connectivity index (χ4n) is 3.56. The average molecular weight is 488 g/mol. The van der Waals surface area contributed by atoms with Gasteiger partial charge in [0, 0.05) is 11.3 Å². The molecule has 10 heteroatoms. The summed E-state index contributed by atoms with van der Waals surface area (Å²) in [6.45, 7) is 5.51. The van der Waals surface area contributed by atoms with E-state index in [1.807, 2.05) is 13.8 Å². The number of anilines is 1. The van der Waals surface area contributed by atoms with E-state index >= 15 is 0 Å². The highest BCUT2D eigenvalue weighted by atomic mass is 32.2. The van der Waals surface area contributed by atoms with E-state index < -0.39 is 40.0 Å². The number of amides is 2. The van der Waals surface area contributed by atoms with Crippen molar-refractivity contribution in [3.63, 3.8) is 0 Å². The third kappa shape index (κ3) is 6.42. The molecule has 1 aliphatic rings. The van der Waals surface area contributed by atoms with Crippen LogP contribution in [0, 0.1) is 5.92 Å². The quantitative estimate of drug-likeness (QED) is 0.497. The zero-order valence-electron chi connectivity index (χ0n) is 19.3. The Balaban J connectivity index is 1.67. The predicted octanol–water partition coefficient (Wildman–Crippen LogP) is 2.10. The smallest absolute Gasteiger partial charge is 0.261 e. The summed E-state index contributed by atoms with van der Waals surface area (Å²) in [5.74, 6) is -1.03. The molecule has 1 heterocycles. The molecule has 3 rings (SSSR count). The van der Waals surface area contributed by atoms with Gasteiger partial charge in [-0.1, -0.05) is 32.0 Å². The zero-order valence-corrected chi connectivity index (χ0v) is 20.1. The normalized spacial score (nSPS) is 19.0. The molecule has 2 aromatic carbocycles. The molecule has 2 aromatic rings. The number of hydrogen-bond donors (Lipinski definition) is 3. The van der Waals surface area contributed by atoms with Gasteiger partial charge in [-0.05, 0) is 55.7 Å². The first-order valence-corrected chi connectivity index (χ1v) is 12.5. The number of Topliss-reactive ketones (excluding diaryl/α,β-unsaturated/α-hetero) is 1. The number of nitrogens with one attached hydrogen (secondary N) is 3. The minimum atomic E-state index is -3.75. The summed E-state index contributed by atoms with van der Waals surface area (Å²) in [5, 5.41) is 5.41. The fourth-order valence-corrected chi connectivity index (χ4v) is 4.64. The lowest BCUT2D eigenvalue weighted by molar-refractivity contribution is -0.127. The molecular weight excluding hydrogens is 458 g/mol. The second kappa shape index (κ2) is 10.8. The van der Waals surface area contributed by atoms with E-state index in [9.17, 15) is 22.8 Å². The third-order valence-electron chi connectivity index (χ3n) is 5.38. The van der Waals surface area contributed by atoms with Crippen LogP contribution in [0.15, 0.2) is 59.5 Å². The Morgan fingerprint density at radius 3 is 2.26 bits per heavy atom. The Labute approximate surface area is 199 Å². The van der Waals surface area contributed by atoms with Crippen molar-refractivity contribution in [2.45, 2.75) is 50.3 Å². The molecule has 9 nitrogen and oxygen atoms in total. The molecule has 0 radical (unpaired) electrons. The molecule has 0 saturated carbocycles. The molecular formula is C24H29N3O6S. The molecule has 34 heavy (non-hydrogen) atoms. The van der Waals surface area contributed by atoms with Crippen molar-refractivity contribution in [3.05, 3.63) is 60.2 Å².